The molecule has 6 heteroatoms. The van der Waals surface area contributed by atoms with E-state index in [1.807, 2.05) is 0 Å². The molecule has 0 aromatic heterocycles. The van der Waals surface area contributed by atoms with E-state index in [-0.39, 0.29) is 22.0 Å². The van der Waals surface area contributed by atoms with Crippen molar-refractivity contribution in [1.29, 1.82) is 0 Å². The largest absolute Gasteiger partial charge is 0.508 e. The first-order valence-electron chi connectivity index (χ1n) is 5.32. The van der Waals surface area contributed by atoms with Crippen LogP contribution >= 0.6 is 11.6 Å². The van der Waals surface area contributed by atoms with E-state index in [1.54, 1.807) is 0 Å². The average molecular weight is 281 g/mol. The van der Waals surface area contributed by atoms with Crippen molar-refractivity contribution in [2.24, 2.45) is 0 Å². The summed E-state index contributed by atoms with van der Waals surface area (Å²) in [4.78, 5) is 11.9. The van der Waals surface area contributed by atoms with Crippen LogP contribution in [-0.4, -0.2) is 11.0 Å². The van der Waals surface area contributed by atoms with Crippen LogP contribution in [0.4, 0.5) is 15.8 Å². The first-order chi connectivity index (χ1) is 8.97. The van der Waals surface area contributed by atoms with E-state index < -0.39 is 11.7 Å². The molecule has 98 valence electrons. The minimum atomic E-state index is -0.673. The average Bonchev–Trinajstić information content (AvgIpc) is 2.36. The number of phenolic OH excluding ortho intramolecular Hbond substituents is 1. The number of phenols is 1. The van der Waals surface area contributed by atoms with Gasteiger partial charge in [0.25, 0.3) is 5.91 Å². The third kappa shape index (κ3) is 2.95. The molecular weight excluding hydrogens is 271 g/mol. The maximum atomic E-state index is 13.2. The summed E-state index contributed by atoms with van der Waals surface area (Å²) in [5.41, 5.74) is 6.29. The van der Waals surface area contributed by atoms with Gasteiger partial charge in [0, 0.05) is 11.6 Å². The Kier molecular flexibility index (Phi) is 3.57. The number of nitrogens with two attached hydrogens (primary N) is 1. The summed E-state index contributed by atoms with van der Waals surface area (Å²) in [6.07, 6.45) is 0. The lowest BCUT2D eigenvalue weighted by molar-refractivity contribution is 0.102. The van der Waals surface area contributed by atoms with E-state index in [4.69, 9.17) is 17.3 Å². The Hall–Kier alpha value is -2.27. The Balaban J connectivity index is 2.23. The summed E-state index contributed by atoms with van der Waals surface area (Å²) in [6.45, 7) is 0. The number of rotatable bonds is 2. The number of aromatic hydroxyl groups is 1. The summed E-state index contributed by atoms with van der Waals surface area (Å²) >= 11 is 5.53. The minimum absolute atomic E-state index is 0.00645. The molecule has 0 heterocycles. The summed E-state index contributed by atoms with van der Waals surface area (Å²) in [6, 6.07) is 7.87. The van der Waals surface area contributed by atoms with E-state index in [9.17, 15) is 14.3 Å². The fourth-order valence-electron chi connectivity index (χ4n) is 1.50. The molecule has 0 aliphatic rings. The maximum absolute atomic E-state index is 13.2. The lowest BCUT2D eigenvalue weighted by Crippen LogP contribution is -2.13. The van der Waals surface area contributed by atoms with Gasteiger partial charge in [0.05, 0.1) is 16.4 Å². The molecule has 0 unspecified atom stereocenters. The van der Waals surface area contributed by atoms with Gasteiger partial charge in [-0.15, -0.1) is 0 Å². The second kappa shape index (κ2) is 5.16. The van der Waals surface area contributed by atoms with Crippen molar-refractivity contribution < 1.29 is 14.3 Å². The number of halogens is 2. The third-order valence-corrected chi connectivity index (χ3v) is 2.77. The zero-order chi connectivity index (χ0) is 14.0. The first-order valence-corrected chi connectivity index (χ1v) is 5.70. The van der Waals surface area contributed by atoms with Gasteiger partial charge in [0.1, 0.15) is 11.6 Å². The fourth-order valence-corrected chi connectivity index (χ4v) is 1.61. The molecule has 0 aliphatic carbocycles. The lowest BCUT2D eigenvalue weighted by atomic mass is 10.2. The molecule has 19 heavy (non-hydrogen) atoms. The summed E-state index contributed by atoms with van der Waals surface area (Å²) < 4.78 is 13.2. The molecule has 4 N–H and O–H groups in total. The van der Waals surface area contributed by atoms with Crippen LogP contribution in [0.25, 0.3) is 0 Å². The summed E-state index contributed by atoms with van der Waals surface area (Å²) in [5.74, 6) is -1.20. The molecule has 4 nitrogen and oxygen atoms in total. The zero-order valence-corrected chi connectivity index (χ0v) is 10.4. The molecule has 0 aliphatic heterocycles. The molecule has 0 saturated heterocycles. The predicted octanol–water partition coefficient (Wildman–Crippen LogP) is 3.02. The maximum Gasteiger partial charge on any atom is 0.255 e. The second-order valence-corrected chi connectivity index (χ2v) is 4.26. The van der Waals surface area contributed by atoms with Crippen LogP contribution in [0.5, 0.6) is 5.75 Å². The van der Waals surface area contributed by atoms with Crippen LogP contribution in [0.15, 0.2) is 36.4 Å². The number of hydrogen-bond donors (Lipinski definition) is 3. The quantitative estimate of drug-likeness (QED) is 0.585. The van der Waals surface area contributed by atoms with E-state index in [2.05, 4.69) is 5.32 Å². The summed E-state index contributed by atoms with van der Waals surface area (Å²) in [7, 11) is 0. The molecule has 2 aromatic carbocycles. The Labute approximate surface area is 113 Å². The Bertz CT molecular complexity index is 647. The van der Waals surface area contributed by atoms with E-state index >= 15 is 0 Å². The molecule has 0 spiro atoms. The number of nitrogen functional groups attached to an aromatic ring is 1. The summed E-state index contributed by atoms with van der Waals surface area (Å²) in [5, 5.41) is 11.7. The molecule has 0 fully saturated rings. The van der Waals surface area contributed by atoms with Gasteiger partial charge < -0.3 is 16.2 Å². The number of nitrogens with one attached hydrogen (secondary N) is 1. The highest BCUT2D eigenvalue weighted by Crippen LogP contribution is 2.24. The van der Waals surface area contributed by atoms with Crippen molar-refractivity contribution >= 4 is 28.9 Å². The highest BCUT2D eigenvalue weighted by atomic mass is 35.5. The van der Waals surface area contributed by atoms with Crippen molar-refractivity contribution in [2.75, 3.05) is 11.1 Å². The highest BCUT2D eigenvalue weighted by Gasteiger charge is 2.10. The molecule has 0 atom stereocenters. The zero-order valence-electron chi connectivity index (χ0n) is 9.65. The van der Waals surface area contributed by atoms with Crippen molar-refractivity contribution in [3.8, 4) is 5.75 Å². The van der Waals surface area contributed by atoms with Crippen LogP contribution in [-0.2, 0) is 0 Å². The van der Waals surface area contributed by atoms with E-state index in [0.717, 1.165) is 6.07 Å². The van der Waals surface area contributed by atoms with Crippen molar-refractivity contribution in [2.45, 2.75) is 0 Å². The molecule has 2 rings (SSSR count). The van der Waals surface area contributed by atoms with Crippen LogP contribution in [0.1, 0.15) is 10.4 Å². The Morgan fingerprint density at radius 1 is 1.26 bits per heavy atom. The van der Waals surface area contributed by atoms with Crippen LogP contribution < -0.4 is 11.1 Å². The second-order valence-electron chi connectivity index (χ2n) is 3.85. The number of amides is 1. The van der Waals surface area contributed by atoms with Gasteiger partial charge in [-0.1, -0.05) is 11.6 Å². The third-order valence-electron chi connectivity index (χ3n) is 2.47. The first kappa shape index (κ1) is 13.2. The van der Waals surface area contributed by atoms with Gasteiger partial charge in [0.2, 0.25) is 0 Å². The van der Waals surface area contributed by atoms with Crippen LogP contribution in [0, 0.1) is 5.82 Å². The number of carbonyl (C=O) groups is 1. The molecular formula is C13H10ClFN2O2. The molecule has 0 bridgehead atoms. The van der Waals surface area contributed by atoms with Gasteiger partial charge in [-0.2, -0.15) is 0 Å². The Morgan fingerprint density at radius 2 is 2.00 bits per heavy atom. The van der Waals surface area contributed by atoms with E-state index in [0.29, 0.717) is 5.69 Å². The highest BCUT2D eigenvalue weighted by molar-refractivity contribution is 6.30. The van der Waals surface area contributed by atoms with Gasteiger partial charge in [0.15, 0.2) is 0 Å². The van der Waals surface area contributed by atoms with Crippen LogP contribution in [0.3, 0.4) is 0 Å². The minimum Gasteiger partial charge on any atom is -0.508 e. The normalized spacial score (nSPS) is 10.2. The SMILES string of the molecule is Nc1cc(O)ccc1NC(=O)c1ccc(Cl)c(F)c1. The van der Waals surface area contributed by atoms with Gasteiger partial charge >= 0.3 is 0 Å². The monoisotopic (exact) mass is 280 g/mol. The standard InChI is InChI=1S/C13H10ClFN2O2/c14-9-3-1-7(5-10(9)15)13(19)17-12-4-2-8(18)6-11(12)16/h1-6,18H,16H2,(H,17,19). The predicted molar refractivity (Wildman–Crippen MR) is 71.9 cm³/mol. The van der Waals surface area contributed by atoms with Gasteiger partial charge in [-0.25, -0.2) is 4.39 Å². The molecule has 2 aromatic rings. The number of anilines is 2. The van der Waals surface area contributed by atoms with Gasteiger partial charge in [-0.05, 0) is 30.3 Å². The number of hydrogen-bond acceptors (Lipinski definition) is 3. The topological polar surface area (TPSA) is 75.3 Å². The smallest absolute Gasteiger partial charge is 0.255 e. The van der Waals surface area contributed by atoms with E-state index in [1.165, 1.54) is 30.3 Å². The molecule has 1 amide bonds. The lowest BCUT2D eigenvalue weighted by Gasteiger charge is -2.08. The number of benzene rings is 2. The van der Waals surface area contributed by atoms with Crippen LogP contribution in [0.2, 0.25) is 5.02 Å². The number of carbonyl (C=O) groups excluding carboxylic acids is 1. The molecule has 0 radical (unpaired) electrons. The van der Waals surface area contributed by atoms with Crippen molar-refractivity contribution in [3.05, 3.63) is 52.8 Å². The van der Waals surface area contributed by atoms with Crippen molar-refractivity contribution in [1.82, 2.24) is 0 Å². The Morgan fingerprint density at radius 3 is 2.63 bits per heavy atom. The fraction of sp³-hybridized carbons (Fsp3) is 0. The van der Waals surface area contributed by atoms with Gasteiger partial charge in [-0.3, -0.25) is 4.79 Å². The molecule has 0 saturated carbocycles. The van der Waals surface area contributed by atoms with Crippen molar-refractivity contribution in [3.63, 3.8) is 0 Å².